The number of thioether (sulfide) groups is 1. The summed E-state index contributed by atoms with van der Waals surface area (Å²) in [4.78, 5) is 11.9. The molecule has 0 atom stereocenters. The molecule has 3 aromatic carbocycles. The van der Waals surface area contributed by atoms with E-state index >= 15 is 0 Å². The molecule has 0 aromatic heterocycles. The fourth-order valence-electron chi connectivity index (χ4n) is 2.60. The number of benzene rings is 3. The number of ether oxygens (including phenoxy) is 1. The average molecular weight is 439 g/mol. The first kappa shape index (κ1) is 21.9. The Morgan fingerprint density at radius 2 is 1.83 bits per heavy atom. The number of nitrogens with one attached hydrogen (secondary N) is 1. The van der Waals surface area contributed by atoms with Crippen LogP contribution in [0.25, 0.3) is 0 Å². The minimum atomic E-state index is -0.142. The highest BCUT2D eigenvalue weighted by Crippen LogP contribution is 2.16. The van der Waals surface area contributed by atoms with Crippen LogP contribution in [-0.2, 0) is 17.2 Å². The summed E-state index contributed by atoms with van der Waals surface area (Å²) in [5.74, 6) is 1.70. The minimum Gasteiger partial charge on any atom is -0.489 e. The highest BCUT2D eigenvalue weighted by atomic mass is 35.5. The Bertz CT molecular complexity index is 989. The summed E-state index contributed by atoms with van der Waals surface area (Å²) in [6, 6.07) is 23.5. The Morgan fingerprint density at radius 1 is 1.07 bits per heavy atom. The monoisotopic (exact) mass is 438 g/mol. The van der Waals surface area contributed by atoms with Crippen molar-refractivity contribution in [3.63, 3.8) is 0 Å². The third kappa shape index (κ3) is 7.58. The van der Waals surface area contributed by atoms with Gasteiger partial charge in [0.1, 0.15) is 12.4 Å². The first-order chi connectivity index (χ1) is 14.6. The molecule has 0 unspecified atom stereocenters. The molecule has 3 aromatic rings. The van der Waals surface area contributed by atoms with Crippen LogP contribution in [0.15, 0.2) is 77.9 Å². The first-order valence-electron chi connectivity index (χ1n) is 9.51. The third-order valence-corrected chi connectivity index (χ3v) is 5.44. The summed E-state index contributed by atoms with van der Waals surface area (Å²) in [6.45, 7) is 2.59. The lowest BCUT2D eigenvalue weighted by Gasteiger charge is -2.07. The minimum absolute atomic E-state index is 0.142. The van der Waals surface area contributed by atoms with Crippen molar-refractivity contribution in [2.24, 2.45) is 5.10 Å². The number of hydrogen-bond donors (Lipinski definition) is 1. The highest BCUT2D eigenvalue weighted by Gasteiger charge is 2.01. The number of aryl methyl sites for hydroxylation is 1. The maximum absolute atomic E-state index is 11.9. The maximum atomic E-state index is 11.9. The Morgan fingerprint density at radius 3 is 2.57 bits per heavy atom. The summed E-state index contributed by atoms with van der Waals surface area (Å²) in [5.41, 5.74) is 6.88. The van der Waals surface area contributed by atoms with Crippen molar-refractivity contribution in [1.82, 2.24) is 5.43 Å². The van der Waals surface area contributed by atoms with Crippen molar-refractivity contribution in [2.45, 2.75) is 19.3 Å². The fraction of sp³-hybridized carbons (Fsp3) is 0.167. The van der Waals surface area contributed by atoms with Crippen molar-refractivity contribution < 1.29 is 9.53 Å². The molecule has 0 aliphatic rings. The van der Waals surface area contributed by atoms with Crippen LogP contribution in [0.1, 0.15) is 22.3 Å². The molecule has 0 aliphatic heterocycles. The van der Waals surface area contributed by atoms with Gasteiger partial charge in [0, 0.05) is 10.8 Å². The van der Waals surface area contributed by atoms with E-state index in [-0.39, 0.29) is 5.91 Å². The topological polar surface area (TPSA) is 50.7 Å². The first-order valence-corrected chi connectivity index (χ1v) is 11.0. The Balaban J connectivity index is 1.38. The second-order valence-electron chi connectivity index (χ2n) is 6.76. The van der Waals surface area contributed by atoms with Crippen LogP contribution < -0.4 is 10.2 Å². The number of hydrazone groups is 1. The molecule has 0 heterocycles. The van der Waals surface area contributed by atoms with E-state index in [9.17, 15) is 4.79 Å². The lowest BCUT2D eigenvalue weighted by Crippen LogP contribution is -2.19. The lowest BCUT2D eigenvalue weighted by atomic mass is 10.2. The van der Waals surface area contributed by atoms with Crippen LogP contribution >= 0.6 is 23.4 Å². The zero-order chi connectivity index (χ0) is 21.2. The van der Waals surface area contributed by atoms with Crippen LogP contribution in [0.3, 0.4) is 0 Å². The van der Waals surface area contributed by atoms with Crippen molar-refractivity contribution in [3.05, 3.63) is 100 Å². The van der Waals surface area contributed by atoms with Crippen molar-refractivity contribution in [3.8, 4) is 5.75 Å². The molecule has 0 spiro atoms. The number of hydrogen-bond acceptors (Lipinski definition) is 4. The van der Waals surface area contributed by atoms with E-state index < -0.39 is 0 Å². The van der Waals surface area contributed by atoms with E-state index in [1.165, 1.54) is 17.3 Å². The second-order valence-corrected chi connectivity index (χ2v) is 8.18. The molecule has 30 heavy (non-hydrogen) atoms. The standard InChI is InChI=1S/C24H23ClN2O2S/c1-18-5-7-20(8-6-18)15-29-23-11-9-19(10-12-23)14-26-27-24(28)17-30-16-21-3-2-4-22(25)13-21/h2-14H,15-17H2,1H3,(H,27,28)/b26-14-. The van der Waals surface area contributed by atoms with Gasteiger partial charge < -0.3 is 4.74 Å². The molecule has 0 fully saturated rings. The van der Waals surface area contributed by atoms with E-state index in [4.69, 9.17) is 16.3 Å². The van der Waals surface area contributed by atoms with E-state index in [0.29, 0.717) is 17.4 Å². The maximum Gasteiger partial charge on any atom is 0.250 e. The van der Waals surface area contributed by atoms with Crippen molar-refractivity contribution in [2.75, 3.05) is 5.75 Å². The molecule has 6 heteroatoms. The second kappa shape index (κ2) is 11.4. The smallest absolute Gasteiger partial charge is 0.250 e. The molecule has 1 amide bonds. The van der Waals surface area contributed by atoms with Gasteiger partial charge in [-0.3, -0.25) is 4.79 Å². The van der Waals surface area contributed by atoms with Gasteiger partial charge >= 0.3 is 0 Å². The Kier molecular flexibility index (Phi) is 8.36. The normalized spacial score (nSPS) is 10.9. The summed E-state index contributed by atoms with van der Waals surface area (Å²) >= 11 is 7.47. The highest BCUT2D eigenvalue weighted by molar-refractivity contribution is 7.99. The van der Waals surface area contributed by atoms with Crippen LogP contribution in [-0.4, -0.2) is 17.9 Å². The number of carbonyl (C=O) groups excluding carboxylic acids is 1. The molecule has 4 nitrogen and oxygen atoms in total. The third-order valence-electron chi connectivity index (χ3n) is 4.20. The van der Waals surface area contributed by atoms with Gasteiger partial charge in [-0.2, -0.15) is 5.10 Å². The fourth-order valence-corrected chi connectivity index (χ4v) is 3.58. The van der Waals surface area contributed by atoms with E-state index in [1.54, 1.807) is 6.21 Å². The van der Waals surface area contributed by atoms with Gasteiger partial charge in [0.05, 0.1) is 12.0 Å². The zero-order valence-corrected chi connectivity index (χ0v) is 18.2. The molecular formula is C24H23ClN2O2S. The molecular weight excluding hydrogens is 416 g/mol. The van der Waals surface area contributed by atoms with Gasteiger partial charge in [-0.15, -0.1) is 11.8 Å². The van der Waals surface area contributed by atoms with Crippen LogP contribution in [0.5, 0.6) is 5.75 Å². The SMILES string of the molecule is Cc1ccc(COc2ccc(/C=N\NC(=O)CSCc3cccc(Cl)c3)cc2)cc1. The molecule has 0 saturated carbocycles. The van der Waals surface area contributed by atoms with Gasteiger partial charge in [-0.05, 0) is 60.0 Å². The number of nitrogens with zero attached hydrogens (tertiary/aromatic N) is 1. The van der Waals surface area contributed by atoms with Crippen molar-refractivity contribution >= 4 is 35.5 Å². The van der Waals surface area contributed by atoms with E-state index in [0.717, 1.165) is 28.2 Å². The summed E-state index contributed by atoms with van der Waals surface area (Å²) in [5, 5.41) is 4.72. The number of halogens is 1. The van der Waals surface area contributed by atoms with Gasteiger partial charge in [0.25, 0.3) is 0 Å². The van der Waals surface area contributed by atoms with Gasteiger partial charge in [0.2, 0.25) is 5.91 Å². The molecule has 0 radical (unpaired) electrons. The molecule has 154 valence electrons. The predicted octanol–water partition coefficient (Wildman–Crippen LogP) is 5.61. The van der Waals surface area contributed by atoms with Crippen LogP contribution in [0.4, 0.5) is 0 Å². The number of carbonyl (C=O) groups is 1. The Labute approximate surface area is 186 Å². The lowest BCUT2D eigenvalue weighted by molar-refractivity contribution is -0.118. The largest absolute Gasteiger partial charge is 0.489 e. The molecule has 0 aliphatic carbocycles. The summed E-state index contributed by atoms with van der Waals surface area (Å²) in [7, 11) is 0. The summed E-state index contributed by atoms with van der Waals surface area (Å²) in [6.07, 6.45) is 1.61. The van der Waals surface area contributed by atoms with E-state index in [2.05, 4.69) is 41.7 Å². The van der Waals surface area contributed by atoms with Crippen molar-refractivity contribution in [1.29, 1.82) is 0 Å². The molecule has 1 N–H and O–H groups in total. The predicted molar refractivity (Wildman–Crippen MR) is 125 cm³/mol. The van der Waals surface area contributed by atoms with Crippen LogP contribution in [0.2, 0.25) is 5.02 Å². The zero-order valence-electron chi connectivity index (χ0n) is 16.7. The number of rotatable bonds is 9. The van der Waals surface area contributed by atoms with Gasteiger partial charge in [-0.1, -0.05) is 53.6 Å². The quantitative estimate of drug-likeness (QED) is 0.349. The van der Waals surface area contributed by atoms with Crippen LogP contribution in [0, 0.1) is 6.92 Å². The molecule has 0 bridgehead atoms. The average Bonchev–Trinajstić information content (AvgIpc) is 2.74. The molecule has 0 saturated heterocycles. The molecule has 3 rings (SSSR count). The Hall–Kier alpha value is -2.76. The van der Waals surface area contributed by atoms with Gasteiger partial charge in [0.15, 0.2) is 0 Å². The summed E-state index contributed by atoms with van der Waals surface area (Å²) < 4.78 is 5.79. The number of amides is 1. The van der Waals surface area contributed by atoms with Gasteiger partial charge in [-0.25, -0.2) is 5.43 Å². The van der Waals surface area contributed by atoms with E-state index in [1.807, 2.05) is 48.5 Å².